The van der Waals surface area contributed by atoms with Crippen molar-refractivity contribution >= 4 is 59.8 Å². The number of carbonyl (C=O) groups excluding carboxylic acids is 1. The number of nitrogens with one attached hydrogen (secondary N) is 1. The van der Waals surface area contributed by atoms with E-state index in [0.29, 0.717) is 21.2 Å². The Balaban J connectivity index is 0.00000171. The molecule has 4 rings (SSSR count). The van der Waals surface area contributed by atoms with Crippen LogP contribution in [-0.2, 0) is 9.53 Å². The predicted octanol–water partition coefficient (Wildman–Crippen LogP) is 3.29. The van der Waals surface area contributed by atoms with Gasteiger partial charge in [-0.05, 0) is 53.9 Å². The number of benzene rings is 1. The molecule has 1 aromatic rings. The van der Waals surface area contributed by atoms with E-state index in [1.165, 1.54) is 28.8 Å². The Morgan fingerprint density at radius 1 is 1.32 bits per heavy atom. The third-order valence-electron chi connectivity index (χ3n) is 4.97. The highest BCUT2D eigenvalue weighted by Gasteiger charge is 2.29. The Kier molecular flexibility index (Phi) is 9.14. The summed E-state index contributed by atoms with van der Waals surface area (Å²) in [7, 11) is 0. The van der Waals surface area contributed by atoms with Gasteiger partial charge in [0.1, 0.15) is 11.9 Å². The number of ether oxygens (including phenoxy) is 1. The van der Waals surface area contributed by atoms with E-state index in [9.17, 15) is 19.1 Å². The average molecular weight is 493 g/mol. The van der Waals surface area contributed by atoms with Crippen LogP contribution < -0.4 is 5.43 Å². The molecule has 0 aromatic heterocycles. The van der Waals surface area contributed by atoms with Gasteiger partial charge < -0.3 is 14.7 Å². The minimum absolute atomic E-state index is 0. The van der Waals surface area contributed by atoms with Gasteiger partial charge in [0, 0.05) is 19.6 Å². The van der Waals surface area contributed by atoms with E-state index in [-0.39, 0.29) is 50.4 Å². The zero-order valence-corrected chi connectivity index (χ0v) is 18.9. The largest absolute Gasteiger partial charge is 0.465 e. The average Bonchev–Trinajstić information content (AvgIpc) is 3.09. The molecule has 0 radical (unpaired) electrons. The van der Waals surface area contributed by atoms with Crippen molar-refractivity contribution < 1.29 is 23.8 Å². The van der Waals surface area contributed by atoms with Crippen molar-refractivity contribution in [1.29, 1.82) is 0 Å². The summed E-state index contributed by atoms with van der Waals surface area (Å²) in [4.78, 5) is 29.5. The topological polar surface area (TPSA) is 94.5 Å². The van der Waals surface area contributed by atoms with Crippen LogP contribution in [0.25, 0.3) is 6.08 Å². The molecule has 12 heteroatoms. The maximum absolute atomic E-state index is 13.9. The molecule has 0 spiro atoms. The minimum atomic E-state index is -1.02. The lowest BCUT2D eigenvalue weighted by molar-refractivity contribution is -0.113. The second kappa shape index (κ2) is 11.1. The van der Waals surface area contributed by atoms with Gasteiger partial charge >= 0.3 is 6.09 Å². The van der Waals surface area contributed by atoms with E-state index in [1.54, 1.807) is 12.1 Å². The Bertz CT molecular complexity index is 896. The second-order valence-corrected chi connectivity index (χ2v) is 7.95. The van der Waals surface area contributed by atoms with E-state index in [0.717, 1.165) is 25.9 Å². The van der Waals surface area contributed by atoms with Crippen LogP contribution in [0.15, 0.2) is 28.1 Å². The predicted molar refractivity (Wildman–Crippen MR) is 121 cm³/mol. The van der Waals surface area contributed by atoms with Crippen molar-refractivity contribution in [3.8, 4) is 0 Å². The number of carboxylic acid groups (broad SMARTS) is 1. The minimum Gasteiger partial charge on any atom is -0.465 e. The maximum Gasteiger partial charge on any atom is 0.407 e. The number of amidine groups is 1. The van der Waals surface area contributed by atoms with Crippen LogP contribution in [0.3, 0.4) is 0 Å². The van der Waals surface area contributed by atoms with Crippen molar-refractivity contribution in [2.24, 2.45) is 4.99 Å². The molecule has 3 aliphatic rings. The highest BCUT2D eigenvalue weighted by molar-refractivity contribution is 8.18. The van der Waals surface area contributed by atoms with Crippen molar-refractivity contribution in [3.63, 3.8) is 0 Å². The number of thioether (sulfide) groups is 1. The van der Waals surface area contributed by atoms with Crippen molar-refractivity contribution in [3.05, 3.63) is 40.0 Å². The fraction of sp³-hybridized carbons (Fsp3) is 0.421. The first-order valence-corrected chi connectivity index (χ1v) is 10.3. The SMILES string of the molecule is Cl.Cl.O=C1N=C(N2CCCCN2)S/C1=C\c1cc(F)ccc1C1CN(C(=O)O)CCO1. The molecule has 0 saturated carbocycles. The van der Waals surface area contributed by atoms with Gasteiger partial charge in [-0.2, -0.15) is 4.99 Å². The van der Waals surface area contributed by atoms with Gasteiger partial charge in [0.2, 0.25) is 0 Å². The fourth-order valence-corrected chi connectivity index (χ4v) is 4.39. The highest BCUT2D eigenvalue weighted by atomic mass is 35.5. The van der Waals surface area contributed by atoms with E-state index >= 15 is 0 Å². The highest BCUT2D eigenvalue weighted by Crippen LogP contribution is 2.33. The van der Waals surface area contributed by atoms with Crippen LogP contribution in [0.2, 0.25) is 0 Å². The zero-order chi connectivity index (χ0) is 20.4. The van der Waals surface area contributed by atoms with E-state index in [4.69, 9.17) is 4.74 Å². The standard InChI is InChI=1S/C19H21FN4O4S.2ClH/c20-13-3-4-14(15-11-23(19(26)27)7-8-28-15)12(9-13)10-16-17(25)22-18(29-16)24-6-2-1-5-21-24;;/h3-4,9-10,15,21H,1-2,5-8,11H2,(H,26,27);2*1H/b16-10-;;. The molecule has 0 bridgehead atoms. The molecule has 1 atom stereocenters. The number of nitrogens with zero attached hydrogens (tertiary/aromatic N) is 3. The molecule has 1 aromatic carbocycles. The molecule has 1 unspecified atom stereocenters. The number of carbonyl (C=O) groups is 2. The number of halogens is 3. The first-order chi connectivity index (χ1) is 14.0. The Morgan fingerprint density at radius 3 is 2.84 bits per heavy atom. The Labute approximate surface area is 195 Å². The van der Waals surface area contributed by atoms with E-state index in [2.05, 4.69) is 10.4 Å². The van der Waals surface area contributed by atoms with Crippen molar-refractivity contribution in [1.82, 2.24) is 15.3 Å². The summed E-state index contributed by atoms with van der Waals surface area (Å²) in [5.74, 6) is -0.815. The summed E-state index contributed by atoms with van der Waals surface area (Å²) in [5, 5.41) is 11.7. The van der Waals surface area contributed by atoms with Crippen LogP contribution in [0.1, 0.15) is 30.1 Å². The fourth-order valence-electron chi connectivity index (χ4n) is 3.48. The van der Waals surface area contributed by atoms with Crippen LogP contribution in [0, 0.1) is 5.82 Å². The van der Waals surface area contributed by atoms with Crippen LogP contribution in [-0.4, -0.2) is 65.0 Å². The zero-order valence-electron chi connectivity index (χ0n) is 16.5. The molecular weight excluding hydrogens is 470 g/mol. The lowest BCUT2D eigenvalue weighted by Gasteiger charge is -2.32. The Hall–Kier alpha value is -1.85. The number of amides is 2. The van der Waals surface area contributed by atoms with Crippen molar-refractivity contribution in [2.45, 2.75) is 18.9 Å². The molecule has 2 fully saturated rings. The monoisotopic (exact) mass is 492 g/mol. The van der Waals surface area contributed by atoms with Gasteiger partial charge in [-0.25, -0.2) is 14.6 Å². The van der Waals surface area contributed by atoms with Gasteiger partial charge in [0.15, 0.2) is 5.17 Å². The molecule has 2 amide bonds. The number of hydrazine groups is 1. The van der Waals surface area contributed by atoms with Crippen LogP contribution in [0.4, 0.5) is 9.18 Å². The summed E-state index contributed by atoms with van der Waals surface area (Å²) in [6.45, 7) is 2.31. The van der Waals surface area contributed by atoms with Gasteiger partial charge in [-0.15, -0.1) is 24.8 Å². The second-order valence-electron chi connectivity index (χ2n) is 6.94. The summed E-state index contributed by atoms with van der Waals surface area (Å²) in [5.41, 5.74) is 4.34. The molecule has 170 valence electrons. The number of hydrogen-bond acceptors (Lipinski definition) is 6. The third kappa shape index (κ3) is 5.89. The molecule has 8 nitrogen and oxygen atoms in total. The van der Waals surface area contributed by atoms with Crippen LogP contribution in [0.5, 0.6) is 0 Å². The summed E-state index contributed by atoms with van der Waals surface area (Å²) < 4.78 is 19.7. The lowest BCUT2D eigenvalue weighted by Crippen LogP contribution is -2.45. The summed E-state index contributed by atoms with van der Waals surface area (Å²) in [6, 6.07) is 4.22. The van der Waals surface area contributed by atoms with Gasteiger partial charge in [-0.1, -0.05) is 6.07 Å². The molecule has 0 aliphatic carbocycles. The molecular formula is C19H23Cl2FN4O4S. The number of rotatable bonds is 2. The first kappa shape index (κ1) is 25.4. The molecule has 31 heavy (non-hydrogen) atoms. The quantitative estimate of drug-likeness (QED) is 0.611. The molecule has 2 N–H and O–H groups in total. The van der Waals surface area contributed by atoms with Crippen LogP contribution >= 0.6 is 36.6 Å². The van der Waals surface area contributed by atoms with E-state index < -0.39 is 18.0 Å². The summed E-state index contributed by atoms with van der Waals surface area (Å²) in [6.07, 6.45) is 2.15. The first-order valence-electron chi connectivity index (χ1n) is 9.44. The molecule has 3 heterocycles. The van der Waals surface area contributed by atoms with Crippen molar-refractivity contribution in [2.75, 3.05) is 32.8 Å². The summed E-state index contributed by atoms with van der Waals surface area (Å²) >= 11 is 1.24. The Morgan fingerprint density at radius 2 is 2.13 bits per heavy atom. The maximum atomic E-state index is 13.9. The van der Waals surface area contributed by atoms with Gasteiger partial charge in [0.05, 0.1) is 18.1 Å². The number of hydrogen-bond donors (Lipinski definition) is 2. The lowest BCUT2D eigenvalue weighted by atomic mass is 10.00. The van der Waals surface area contributed by atoms with Gasteiger partial charge in [0.25, 0.3) is 5.91 Å². The molecule has 2 saturated heterocycles. The number of aliphatic imine (C=N–C) groups is 1. The third-order valence-corrected chi connectivity index (χ3v) is 5.98. The van der Waals surface area contributed by atoms with Gasteiger partial charge in [-0.3, -0.25) is 9.80 Å². The smallest absolute Gasteiger partial charge is 0.407 e. The molecule has 3 aliphatic heterocycles. The van der Waals surface area contributed by atoms with E-state index in [1.807, 2.05) is 5.01 Å². The normalized spacial score (nSPS) is 22.6. The number of morpholine rings is 1.